The average molecular weight is 247 g/mol. The predicted octanol–water partition coefficient (Wildman–Crippen LogP) is 4.23. The summed E-state index contributed by atoms with van der Waals surface area (Å²) in [6, 6.07) is 9.15. The molecular formula is C17H29N. The molecule has 1 nitrogen and oxygen atoms in total. The van der Waals surface area contributed by atoms with Gasteiger partial charge in [-0.05, 0) is 41.8 Å². The molecule has 102 valence electrons. The van der Waals surface area contributed by atoms with Crippen molar-refractivity contribution in [3.05, 3.63) is 35.4 Å². The number of rotatable bonds is 7. The second-order valence-electron chi connectivity index (χ2n) is 6.29. The van der Waals surface area contributed by atoms with Gasteiger partial charge in [0.2, 0.25) is 0 Å². The smallest absolute Gasteiger partial charge is 0.00176 e. The molecule has 0 radical (unpaired) electrons. The molecule has 0 heterocycles. The van der Waals surface area contributed by atoms with Gasteiger partial charge in [-0.1, -0.05) is 58.9 Å². The summed E-state index contributed by atoms with van der Waals surface area (Å²) in [5, 5.41) is 3.53. The van der Waals surface area contributed by atoms with E-state index in [9.17, 15) is 0 Å². The molecule has 1 N–H and O–H groups in total. The minimum atomic E-state index is 0.594. The van der Waals surface area contributed by atoms with E-state index in [1.165, 1.54) is 17.5 Å². The second kappa shape index (κ2) is 7.58. The first-order valence-corrected chi connectivity index (χ1v) is 7.28. The quantitative estimate of drug-likeness (QED) is 0.760. The zero-order valence-corrected chi connectivity index (χ0v) is 12.7. The van der Waals surface area contributed by atoms with Crippen LogP contribution in [0, 0.1) is 11.8 Å². The van der Waals surface area contributed by atoms with Crippen LogP contribution < -0.4 is 5.32 Å². The summed E-state index contributed by atoms with van der Waals surface area (Å²) in [6.07, 6.45) is 1.18. The first-order valence-electron chi connectivity index (χ1n) is 7.28. The summed E-state index contributed by atoms with van der Waals surface area (Å²) in [7, 11) is 0. The molecule has 1 rings (SSSR count). The highest BCUT2D eigenvalue weighted by Gasteiger charge is 2.06. The lowest BCUT2D eigenvalue weighted by atomic mass is 9.96. The van der Waals surface area contributed by atoms with Gasteiger partial charge in [0, 0.05) is 6.54 Å². The van der Waals surface area contributed by atoms with Crippen molar-refractivity contribution < 1.29 is 0 Å². The van der Waals surface area contributed by atoms with Crippen LogP contribution in [-0.2, 0) is 6.42 Å². The van der Waals surface area contributed by atoms with Crippen molar-refractivity contribution in [3.8, 4) is 0 Å². The summed E-state index contributed by atoms with van der Waals surface area (Å²) in [5.74, 6) is 2.06. The van der Waals surface area contributed by atoms with Crippen molar-refractivity contribution in [1.29, 1.82) is 0 Å². The molecule has 1 heteroatoms. The molecule has 1 aromatic rings. The van der Waals surface area contributed by atoms with Gasteiger partial charge in [0.1, 0.15) is 0 Å². The molecule has 0 amide bonds. The Hall–Kier alpha value is -0.820. The first kappa shape index (κ1) is 15.2. The van der Waals surface area contributed by atoms with E-state index in [0.717, 1.165) is 24.9 Å². The fourth-order valence-electron chi connectivity index (χ4n) is 2.16. The SMILES string of the molecule is CC(C)CNCC(C)c1ccc(CC(C)C)cc1. The standard InChI is InChI=1S/C17H29N/c1-13(2)10-16-6-8-17(9-7-16)15(5)12-18-11-14(3)4/h6-9,13-15,18H,10-12H2,1-5H3. The Kier molecular flexibility index (Phi) is 6.42. The summed E-state index contributed by atoms with van der Waals surface area (Å²) in [6.45, 7) is 13.5. The number of benzene rings is 1. The molecule has 1 aromatic carbocycles. The van der Waals surface area contributed by atoms with E-state index in [0.29, 0.717) is 5.92 Å². The minimum absolute atomic E-state index is 0.594. The van der Waals surface area contributed by atoms with Crippen LogP contribution >= 0.6 is 0 Å². The third kappa shape index (κ3) is 5.68. The van der Waals surface area contributed by atoms with Gasteiger partial charge in [0.15, 0.2) is 0 Å². The fraction of sp³-hybridized carbons (Fsp3) is 0.647. The van der Waals surface area contributed by atoms with Gasteiger partial charge in [0.05, 0.1) is 0 Å². The molecule has 18 heavy (non-hydrogen) atoms. The molecule has 0 bridgehead atoms. The molecule has 0 aliphatic rings. The van der Waals surface area contributed by atoms with Gasteiger partial charge in [-0.15, -0.1) is 0 Å². The molecule has 0 fully saturated rings. The van der Waals surface area contributed by atoms with E-state index in [1.807, 2.05) is 0 Å². The summed E-state index contributed by atoms with van der Waals surface area (Å²) >= 11 is 0. The van der Waals surface area contributed by atoms with Crippen molar-refractivity contribution in [2.75, 3.05) is 13.1 Å². The maximum absolute atomic E-state index is 3.53. The van der Waals surface area contributed by atoms with Crippen LogP contribution in [0.3, 0.4) is 0 Å². The van der Waals surface area contributed by atoms with Gasteiger partial charge < -0.3 is 5.32 Å². The molecule has 0 spiro atoms. The van der Waals surface area contributed by atoms with E-state index in [2.05, 4.69) is 64.2 Å². The Morgan fingerprint density at radius 3 is 1.94 bits per heavy atom. The van der Waals surface area contributed by atoms with E-state index in [4.69, 9.17) is 0 Å². The molecule has 1 unspecified atom stereocenters. The first-order chi connectivity index (χ1) is 8.49. The van der Waals surface area contributed by atoms with E-state index >= 15 is 0 Å². The normalized spacial score (nSPS) is 13.3. The molecule has 0 aromatic heterocycles. The Morgan fingerprint density at radius 2 is 1.44 bits per heavy atom. The minimum Gasteiger partial charge on any atom is -0.316 e. The topological polar surface area (TPSA) is 12.0 Å². The van der Waals surface area contributed by atoms with Crippen molar-refractivity contribution in [3.63, 3.8) is 0 Å². The van der Waals surface area contributed by atoms with E-state index in [1.54, 1.807) is 0 Å². The number of hydrogen-bond acceptors (Lipinski definition) is 1. The van der Waals surface area contributed by atoms with Crippen LogP contribution in [-0.4, -0.2) is 13.1 Å². The van der Waals surface area contributed by atoms with Crippen molar-refractivity contribution >= 4 is 0 Å². The number of nitrogens with one attached hydrogen (secondary N) is 1. The monoisotopic (exact) mass is 247 g/mol. The molecule has 0 saturated heterocycles. The van der Waals surface area contributed by atoms with Gasteiger partial charge in [0.25, 0.3) is 0 Å². The zero-order chi connectivity index (χ0) is 13.5. The molecule has 0 aliphatic carbocycles. The van der Waals surface area contributed by atoms with Crippen LogP contribution in [0.2, 0.25) is 0 Å². The van der Waals surface area contributed by atoms with E-state index < -0.39 is 0 Å². The molecular weight excluding hydrogens is 218 g/mol. The van der Waals surface area contributed by atoms with Crippen molar-refractivity contribution in [2.45, 2.75) is 47.0 Å². The van der Waals surface area contributed by atoms with Gasteiger partial charge in [-0.25, -0.2) is 0 Å². The Morgan fingerprint density at radius 1 is 0.833 bits per heavy atom. The molecule has 1 atom stereocenters. The summed E-state index contributed by atoms with van der Waals surface area (Å²) in [5.41, 5.74) is 2.90. The Bertz CT molecular complexity index is 324. The maximum atomic E-state index is 3.53. The summed E-state index contributed by atoms with van der Waals surface area (Å²) in [4.78, 5) is 0. The highest BCUT2D eigenvalue weighted by molar-refractivity contribution is 5.25. The number of hydrogen-bond donors (Lipinski definition) is 1. The van der Waals surface area contributed by atoms with Crippen LogP contribution in [0.25, 0.3) is 0 Å². The van der Waals surface area contributed by atoms with Gasteiger partial charge in [-0.3, -0.25) is 0 Å². The Labute approximate surface area is 113 Å². The second-order valence-corrected chi connectivity index (χ2v) is 6.29. The third-order valence-corrected chi connectivity index (χ3v) is 3.20. The molecule has 0 aliphatic heterocycles. The van der Waals surface area contributed by atoms with Crippen LogP contribution in [0.1, 0.15) is 51.7 Å². The van der Waals surface area contributed by atoms with Crippen LogP contribution in [0.15, 0.2) is 24.3 Å². The highest BCUT2D eigenvalue weighted by Crippen LogP contribution is 2.16. The van der Waals surface area contributed by atoms with Gasteiger partial charge >= 0.3 is 0 Å². The molecule has 0 saturated carbocycles. The lowest BCUT2D eigenvalue weighted by Crippen LogP contribution is -2.24. The Balaban J connectivity index is 2.46. The largest absolute Gasteiger partial charge is 0.316 e. The zero-order valence-electron chi connectivity index (χ0n) is 12.7. The van der Waals surface area contributed by atoms with E-state index in [-0.39, 0.29) is 0 Å². The summed E-state index contributed by atoms with van der Waals surface area (Å²) < 4.78 is 0. The fourth-order valence-corrected chi connectivity index (χ4v) is 2.16. The van der Waals surface area contributed by atoms with Crippen LogP contribution in [0.5, 0.6) is 0 Å². The van der Waals surface area contributed by atoms with Crippen LogP contribution in [0.4, 0.5) is 0 Å². The average Bonchev–Trinajstić information content (AvgIpc) is 2.28. The lowest BCUT2D eigenvalue weighted by molar-refractivity contribution is 0.528. The van der Waals surface area contributed by atoms with Crippen molar-refractivity contribution in [2.24, 2.45) is 11.8 Å². The van der Waals surface area contributed by atoms with Gasteiger partial charge in [-0.2, -0.15) is 0 Å². The predicted molar refractivity (Wildman–Crippen MR) is 81.1 cm³/mol. The van der Waals surface area contributed by atoms with Crippen molar-refractivity contribution in [1.82, 2.24) is 5.32 Å². The third-order valence-electron chi connectivity index (χ3n) is 3.20. The highest BCUT2D eigenvalue weighted by atomic mass is 14.9. The lowest BCUT2D eigenvalue weighted by Gasteiger charge is -2.15. The maximum Gasteiger partial charge on any atom is 0.00176 e.